The fourth-order valence-electron chi connectivity index (χ4n) is 1.60. The largest absolute Gasteiger partial charge is 0.444 e. The highest BCUT2D eigenvalue weighted by molar-refractivity contribution is 5.68. The topological polar surface area (TPSA) is 58.6 Å². The number of carbonyl (C=O) groups is 1. The SMILES string of the molecule is CC(C)(C)OC(=O)N[C@@H]1C[C@H](O)C1(C)C. The lowest BCUT2D eigenvalue weighted by Gasteiger charge is -2.49. The van der Waals surface area contributed by atoms with Crippen molar-refractivity contribution in [2.45, 2.75) is 58.8 Å². The van der Waals surface area contributed by atoms with E-state index >= 15 is 0 Å². The van der Waals surface area contributed by atoms with Crippen LogP contribution in [0.1, 0.15) is 41.0 Å². The minimum atomic E-state index is -0.476. The molecule has 0 bridgehead atoms. The molecule has 88 valence electrons. The standard InChI is InChI=1S/C11H21NO3/c1-10(2,3)15-9(14)12-7-6-8(13)11(7,4)5/h7-8,13H,6H2,1-5H3,(H,12,14)/t7-,8+/m1/s1. The van der Waals surface area contributed by atoms with Crippen LogP contribution in [-0.4, -0.2) is 28.9 Å². The molecule has 0 saturated heterocycles. The molecule has 4 nitrogen and oxygen atoms in total. The Morgan fingerprint density at radius 3 is 2.33 bits per heavy atom. The number of aliphatic hydroxyl groups is 1. The van der Waals surface area contributed by atoms with Crippen molar-refractivity contribution in [2.75, 3.05) is 0 Å². The van der Waals surface area contributed by atoms with Crippen molar-refractivity contribution in [3.63, 3.8) is 0 Å². The lowest BCUT2D eigenvalue weighted by molar-refractivity contribution is -0.0732. The number of alkyl carbamates (subject to hydrolysis) is 1. The zero-order valence-electron chi connectivity index (χ0n) is 10.1. The molecule has 2 atom stereocenters. The molecule has 1 amide bonds. The van der Waals surface area contributed by atoms with Crippen LogP contribution in [0.2, 0.25) is 0 Å². The summed E-state index contributed by atoms with van der Waals surface area (Å²) in [6, 6.07) is 0.00218. The zero-order chi connectivity index (χ0) is 11.9. The number of nitrogens with one attached hydrogen (secondary N) is 1. The van der Waals surface area contributed by atoms with Crippen molar-refractivity contribution in [1.29, 1.82) is 0 Å². The summed E-state index contributed by atoms with van der Waals surface area (Å²) in [5, 5.41) is 12.3. The number of amides is 1. The van der Waals surface area contributed by atoms with Gasteiger partial charge in [-0.05, 0) is 27.2 Å². The lowest BCUT2D eigenvalue weighted by atomic mass is 9.65. The summed E-state index contributed by atoms with van der Waals surface area (Å²) in [4.78, 5) is 11.4. The second kappa shape index (κ2) is 3.67. The van der Waals surface area contributed by atoms with Crippen LogP contribution in [0.3, 0.4) is 0 Å². The Labute approximate surface area is 91.0 Å². The van der Waals surface area contributed by atoms with Gasteiger partial charge >= 0.3 is 6.09 Å². The third-order valence-electron chi connectivity index (χ3n) is 2.91. The smallest absolute Gasteiger partial charge is 0.407 e. The maximum atomic E-state index is 11.4. The Balaban J connectivity index is 2.41. The van der Waals surface area contributed by atoms with Crippen LogP contribution >= 0.6 is 0 Å². The summed E-state index contributed by atoms with van der Waals surface area (Å²) in [5.74, 6) is 0. The highest BCUT2D eigenvalue weighted by atomic mass is 16.6. The van der Waals surface area contributed by atoms with Gasteiger partial charge in [-0.2, -0.15) is 0 Å². The quantitative estimate of drug-likeness (QED) is 0.699. The Bertz CT molecular complexity index is 255. The number of ether oxygens (including phenoxy) is 1. The molecular formula is C11H21NO3. The van der Waals surface area contributed by atoms with Crippen LogP contribution in [0, 0.1) is 5.41 Å². The maximum Gasteiger partial charge on any atom is 0.407 e. The molecule has 1 fully saturated rings. The van der Waals surface area contributed by atoms with Crippen molar-refractivity contribution in [2.24, 2.45) is 5.41 Å². The predicted molar refractivity (Wildman–Crippen MR) is 57.6 cm³/mol. The summed E-state index contributed by atoms with van der Waals surface area (Å²) in [6.07, 6.45) is -0.142. The van der Waals surface area contributed by atoms with E-state index in [0.717, 1.165) is 0 Å². The van der Waals surface area contributed by atoms with Gasteiger partial charge in [0.2, 0.25) is 0 Å². The van der Waals surface area contributed by atoms with Crippen LogP contribution in [0.15, 0.2) is 0 Å². The van der Waals surface area contributed by atoms with Crippen LogP contribution in [0.5, 0.6) is 0 Å². The molecule has 1 rings (SSSR count). The summed E-state index contributed by atoms with van der Waals surface area (Å²) < 4.78 is 5.14. The van der Waals surface area contributed by atoms with Gasteiger partial charge in [0.25, 0.3) is 0 Å². The summed E-state index contributed by atoms with van der Waals surface area (Å²) in [5.41, 5.74) is -0.729. The van der Waals surface area contributed by atoms with Gasteiger partial charge in [-0.1, -0.05) is 13.8 Å². The van der Waals surface area contributed by atoms with Gasteiger partial charge in [0.1, 0.15) is 5.60 Å². The third-order valence-corrected chi connectivity index (χ3v) is 2.91. The highest BCUT2D eigenvalue weighted by Gasteiger charge is 2.48. The van der Waals surface area contributed by atoms with Gasteiger partial charge < -0.3 is 15.2 Å². The average molecular weight is 215 g/mol. The molecule has 0 spiro atoms. The normalized spacial score (nSPS) is 29.2. The average Bonchev–Trinajstić information content (AvgIpc) is 2.00. The van der Waals surface area contributed by atoms with E-state index < -0.39 is 11.7 Å². The molecule has 0 aromatic carbocycles. The van der Waals surface area contributed by atoms with E-state index in [0.29, 0.717) is 6.42 Å². The molecule has 0 heterocycles. The van der Waals surface area contributed by atoms with E-state index in [4.69, 9.17) is 4.74 Å². The molecule has 1 aliphatic carbocycles. The first-order chi connectivity index (χ1) is 6.63. The minimum Gasteiger partial charge on any atom is -0.444 e. The number of carbonyl (C=O) groups excluding carboxylic acids is 1. The molecule has 0 aromatic heterocycles. The molecule has 0 aliphatic heterocycles. The van der Waals surface area contributed by atoms with Crippen LogP contribution in [0.25, 0.3) is 0 Å². The molecular weight excluding hydrogens is 194 g/mol. The van der Waals surface area contributed by atoms with Crippen molar-refractivity contribution < 1.29 is 14.6 Å². The summed E-state index contributed by atoms with van der Waals surface area (Å²) in [6.45, 7) is 9.35. The van der Waals surface area contributed by atoms with Crippen LogP contribution in [-0.2, 0) is 4.74 Å². The number of hydrogen-bond acceptors (Lipinski definition) is 3. The molecule has 0 unspecified atom stereocenters. The van der Waals surface area contributed by atoms with E-state index in [9.17, 15) is 9.90 Å². The number of hydrogen-bond donors (Lipinski definition) is 2. The Hall–Kier alpha value is -0.770. The van der Waals surface area contributed by atoms with Gasteiger partial charge in [-0.15, -0.1) is 0 Å². The van der Waals surface area contributed by atoms with Crippen molar-refractivity contribution >= 4 is 6.09 Å². The highest BCUT2D eigenvalue weighted by Crippen LogP contribution is 2.40. The summed E-state index contributed by atoms with van der Waals surface area (Å²) in [7, 11) is 0. The second-order valence-electron chi connectivity index (χ2n) is 5.77. The van der Waals surface area contributed by atoms with Gasteiger partial charge in [-0.3, -0.25) is 0 Å². The lowest BCUT2D eigenvalue weighted by Crippen LogP contribution is -2.61. The van der Waals surface area contributed by atoms with Gasteiger partial charge in [0.15, 0.2) is 0 Å². The Morgan fingerprint density at radius 2 is 2.00 bits per heavy atom. The van der Waals surface area contributed by atoms with E-state index in [1.165, 1.54) is 0 Å². The van der Waals surface area contributed by atoms with E-state index in [1.54, 1.807) is 0 Å². The molecule has 15 heavy (non-hydrogen) atoms. The fraction of sp³-hybridized carbons (Fsp3) is 0.909. The van der Waals surface area contributed by atoms with Gasteiger partial charge in [0.05, 0.1) is 6.10 Å². The molecule has 2 N–H and O–H groups in total. The number of rotatable bonds is 1. The van der Waals surface area contributed by atoms with Gasteiger partial charge in [0, 0.05) is 11.5 Å². The number of aliphatic hydroxyl groups excluding tert-OH is 1. The fourth-order valence-corrected chi connectivity index (χ4v) is 1.60. The van der Waals surface area contributed by atoms with E-state index in [1.807, 2.05) is 34.6 Å². The Morgan fingerprint density at radius 1 is 1.47 bits per heavy atom. The maximum absolute atomic E-state index is 11.4. The van der Waals surface area contributed by atoms with Crippen molar-refractivity contribution in [1.82, 2.24) is 5.32 Å². The third kappa shape index (κ3) is 2.84. The molecule has 1 saturated carbocycles. The zero-order valence-corrected chi connectivity index (χ0v) is 10.1. The van der Waals surface area contributed by atoms with E-state index in [-0.39, 0.29) is 17.6 Å². The van der Waals surface area contributed by atoms with Crippen molar-refractivity contribution in [3.05, 3.63) is 0 Å². The summed E-state index contributed by atoms with van der Waals surface area (Å²) >= 11 is 0. The first-order valence-electron chi connectivity index (χ1n) is 5.30. The first kappa shape index (κ1) is 12.3. The molecule has 0 radical (unpaired) electrons. The van der Waals surface area contributed by atoms with Crippen LogP contribution < -0.4 is 5.32 Å². The van der Waals surface area contributed by atoms with E-state index in [2.05, 4.69) is 5.32 Å². The van der Waals surface area contributed by atoms with Crippen molar-refractivity contribution in [3.8, 4) is 0 Å². The predicted octanol–water partition coefficient (Wildman–Crippen LogP) is 1.67. The minimum absolute atomic E-state index is 0.00218. The first-order valence-corrected chi connectivity index (χ1v) is 5.30. The second-order valence-corrected chi connectivity index (χ2v) is 5.77. The molecule has 1 aliphatic rings. The molecule has 0 aromatic rings. The monoisotopic (exact) mass is 215 g/mol. The Kier molecular flexibility index (Phi) is 3.01. The molecule has 4 heteroatoms. The van der Waals surface area contributed by atoms with Crippen LogP contribution in [0.4, 0.5) is 4.79 Å². The van der Waals surface area contributed by atoms with Gasteiger partial charge in [-0.25, -0.2) is 4.79 Å².